The molecule has 0 saturated carbocycles. The zero-order valence-electron chi connectivity index (χ0n) is 8.45. The standard InChI is InChI=1S/C9H8F4N4/c10-7(11)5-1-6(8(12)13)17-9(16-5)4(2-14)3-15-17/h3,5-8,16H,1H2/t5-,6+/m0/s1. The van der Waals surface area contributed by atoms with E-state index in [1.54, 1.807) is 6.07 Å². The van der Waals surface area contributed by atoms with Crippen molar-refractivity contribution in [3.05, 3.63) is 11.8 Å². The quantitative estimate of drug-likeness (QED) is 0.814. The molecular weight excluding hydrogens is 240 g/mol. The Labute approximate surface area is 93.8 Å². The predicted molar refractivity (Wildman–Crippen MR) is 50.0 cm³/mol. The summed E-state index contributed by atoms with van der Waals surface area (Å²) < 4.78 is 51.5. The summed E-state index contributed by atoms with van der Waals surface area (Å²) in [6, 6.07) is -1.09. The first kappa shape index (κ1) is 11.7. The molecule has 1 aliphatic heterocycles. The third kappa shape index (κ3) is 1.92. The molecule has 0 unspecified atom stereocenters. The molecule has 1 aromatic heterocycles. The van der Waals surface area contributed by atoms with Gasteiger partial charge in [0.15, 0.2) is 0 Å². The molecule has 2 heterocycles. The van der Waals surface area contributed by atoms with Crippen LogP contribution in [0.15, 0.2) is 6.20 Å². The van der Waals surface area contributed by atoms with E-state index in [0.717, 1.165) is 10.9 Å². The third-order valence-electron chi connectivity index (χ3n) is 2.64. The van der Waals surface area contributed by atoms with Crippen LogP contribution in [0.2, 0.25) is 0 Å². The van der Waals surface area contributed by atoms with Gasteiger partial charge in [-0.3, -0.25) is 0 Å². The Morgan fingerprint density at radius 1 is 1.41 bits per heavy atom. The fourth-order valence-corrected chi connectivity index (χ4v) is 1.81. The van der Waals surface area contributed by atoms with Gasteiger partial charge in [-0.2, -0.15) is 10.4 Å². The van der Waals surface area contributed by atoms with E-state index in [1.165, 1.54) is 0 Å². The Balaban J connectivity index is 2.41. The number of anilines is 1. The van der Waals surface area contributed by atoms with E-state index < -0.39 is 31.4 Å². The van der Waals surface area contributed by atoms with E-state index in [-0.39, 0.29) is 11.4 Å². The van der Waals surface area contributed by atoms with Gasteiger partial charge in [0.2, 0.25) is 0 Å². The number of nitrogens with zero attached hydrogens (tertiary/aromatic N) is 3. The number of alkyl halides is 4. The number of rotatable bonds is 2. The van der Waals surface area contributed by atoms with Crippen molar-refractivity contribution in [3.8, 4) is 6.07 Å². The Hall–Kier alpha value is -1.78. The highest BCUT2D eigenvalue weighted by Crippen LogP contribution is 2.34. The summed E-state index contributed by atoms with van der Waals surface area (Å²) in [5.74, 6) is -0.0608. The number of fused-ring (bicyclic) bond motifs is 1. The number of nitriles is 1. The number of nitrogens with one attached hydrogen (secondary N) is 1. The van der Waals surface area contributed by atoms with Gasteiger partial charge in [-0.15, -0.1) is 0 Å². The van der Waals surface area contributed by atoms with Crippen LogP contribution in [0, 0.1) is 11.3 Å². The highest BCUT2D eigenvalue weighted by molar-refractivity contribution is 5.53. The minimum Gasteiger partial charge on any atom is -0.361 e. The molecule has 2 atom stereocenters. The predicted octanol–water partition coefficient (Wildman–Crippen LogP) is 2.01. The molecule has 2 rings (SSSR count). The SMILES string of the molecule is N#Cc1cnn2c1N[C@H](C(F)F)C[C@@H]2C(F)F. The molecule has 0 radical (unpaired) electrons. The molecule has 17 heavy (non-hydrogen) atoms. The molecule has 1 aromatic rings. The number of aromatic nitrogens is 2. The molecule has 0 fully saturated rings. The largest absolute Gasteiger partial charge is 0.361 e. The molecule has 0 spiro atoms. The smallest absolute Gasteiger partial charge is 0.260 e. The molecular formula is C9H8F4N4. The van der Waals surface area contributed by atoms with Crippen molar-refractivity contribution in [1.29, 1.82) is 5.26 Å². The molecule has 0 amide bonds. The van der Waals surface area contributed by atoms with Crippen molar-refractivity contribution in [2.75, 3.05) is 5.32 Å². The van der Waals surface area contributed by atoms with Crippen LogP contribution in [0.5, 0.6) is 0 Å². The van der Waals surface area contributed by atoms with Gasteiger partial charge < -0.3 is 5.32 Å². The summed E-state index contributed by atoms with van der Waals surface area (Å²) in [4.78, 5) is 0. The Kier molecular flexibility index (Phi) is 2.92. The van der Waals surface area contributed by atoms with Gasteiger partial charge in [-0.1, -0.05) is 0 Å². The lowest BCUT2D eigenvalue weighted by Crippen LogP contribution is -2.39. The van der Waals surface area contributed by atoms with Gasteiger partial charge in [-0.25, -0.2) is 22.2 Å². The maximum Gasteiger partial charge on any atom is 0.260 e. The number of hydrogen-bond donors (Lipinski definition) is 1. The Morgan fingerprint density at radius 3 is 2.65 bits per heavy atom. The van der Waals surface area contributed by atoms with Crippen LogP contribution in [0.4, 0.5) is 23.4 Å². The van der Waals surface area contributed by atoms with E-state index in [1.807, 2.05) is 0 Å². The maximum absolute atomic E-state index is 12.7. The molecule has 1 N–H and O–H groups in total. The highest BCUT2D eigenvalue weighted by Gasteiger charge is 2.38. The first-order chi connectivity index (χ1) is 8.04. The molecule has 0 bridgehead atoms. The summed E-state index contributed by atoms with van der Waals surface area (Å²) in [6.07, 6.45) is -4.91. The summed E-state index contributed by atoms with van der Waals surface area (Å²) in [5, 5.41) is 14.7. The van der Waals surface area contributed by atoms with Crippen LogP contribution in [0.25, 0.3) is 0 Å². The minimum atomic E-state index is -2.80. The Bertz CT molecular complexity index is 450. The maximum atomic E-state index is 12.7. The average Bonchev–Trinajstić information content (AvgIpc) is 2.69. The first-order valence-electron chi connectivity index (χ1n) is 4.85. The second kappa shape index (κ2) is 4.24. The normalized spacial score (nSPS) is 23.4. The molecule has 0 aromatic carbocycles. The van der Waals surface area contributed by atoms with E-state index in [2.05, 4.69) is 10.4 Å². The van der Waals surface area contributed by atoms with E-state index in [4.69, 9.17) is 5.26 Å². The lowest BCUT2D eigenvalue weighted by Gasteiger charge is -2.31. The van der Waals surface area contributed by atoms with Crippen LogP contribution in [-0.2, 0) is 0 Å². The topological polar surface area (TPSA) is 53.6 Å². The summed E-state index contributed by atoms with van der Waals surface area (Å²) in [6.45, 7) is 0. The van der Waals surface area contributed by atoms with Crippen molar-refractivity contribution in [2.45, 2.75) is 31.4 Å². The third-order valence-corrected chi connectivity index (χ3v) is 2.64. The lowest BCUT2D eigenvalue weighted by atomic mass is 10.0. The van der Waals surface area contributed by atoms with Crippen LogP contribution >= 0.6 is 0 Å². The summed E-state index contributed by atoms with van der Waals surface area (Å²) in [5.41, 5.74) is -0.0130. The first-order valence-corrected chi connectivity index (χ1v) is 4.85. The molecule has 0 saturated heterocycles. The zero-order valence-corrected chi connectivity index (χ0v) is 8.45. The van der Waals surface area contributed by atoms with Gasteiger partial charge in [0.1, 0.15) is 23.5 Å². The lowest BCUT2D eigenvalue weighted by molar-refractivity contribution is 0.0421. The number of halogens is 4. The van der Waals surface area contributed by atoms with Gasteiger partial charge in [-0.05, 0) is 0 Å². The van der Waals surface area contributed by atoms with E-state index >= 15 is 0 Å². The van der Waals surface area contributed by atoms with Gasteiger partial charge in [0.25, 0.3) is 12.9 Å². The van der Waals surface area contributed by atoms with Gasteiger partial charge in [0.05, 0.1) is 12.2 Å². The van der Waals surface area contributed by atoms with Crippen molar-refractivity contribution >= 4 is 5.82 Å². The highest BCUT2D eigenvalue weighted by atomic mass is 19.3. The molecule has 0 aliphatic carbocycles. The van der Waals surface area contributed by atoms with Crippen molar-refractivity contribution in [1.82, 2.24) is 9.78 Å². The van der Waals surface area contributed by atoms with Crippen LogP contribution < -0.4 is 5.32 Å². The van der Waals surface area contributed by atoms with Crippen molar-refractivity contribution < 1.29 is 17.6 Å². The second-order valence-electron chi connectivity index (χ2n) is 3.69. The Morgan fingerprint density at radius 2 is 2.12 bits per heavy atom. The molecule has 1 aliphatic rings. The summed E-state index contributed by atoms with van der Waals surface area (Å²) >= 11 is 0. The fourth-order valence-electron chi connectivity index (χ4n) is 1.81. The zero-order chi connectivity index (χ0) is 12.6. The van der Waals surface area contributed by atoms with Crippen molar-refractivity contribution in [3.63, 3.8) is 0 Å². The van der Waals surface area contributed by atoms with Crippen molar-refractivity contribution in [2.24, 2.45) is 0 Å². The molecule has 92 valence electrons. The fraction of sp³-hybridized carbons (Fsp3) is 0.556. The van der Waals surface area contributed by atoms with Gasteiger partial charge >= 0.3 is 0 Å². The molecule has 4 nitrogen and oxygen atoms in total. The van der Waals surface area contributed by atoms with Gasteiger partial charge in [0, 0.05) is 6.42 Å². The van der Waals surface area contributed by atoms with Crippen LogP contribution in [0.3, 0.4) is 0 Å². The minimum absolute atomic E-state index is 0.0130. The second-order valence-corrected chi connectivity index (χ2v) is 3.69. The van der Waals surface area contributed by atoms with Crippen LogP contribution in [0.1, 0.15) is 18.0 Å². The number of hydrogen-bond acceptors (Lipinski definition) is 3. The monoisotopic (exact) mass is 248 g/mol. The molecule has 8 heteroatoms. The average molecular weight is 248 g/mol. The summed E-state index contributed by atoms with van der Waals surface area (Å²) in [7, 11) is 0. The van der Waals surface area contributed by atoms with E-state index in [0.29, 0.717) is 0 Å². The van der Waals surface area contributed by atoms with E-state index in [9.17, 15) is 17.6 Å². The van der Waals surface area contributed by atoms with Crippen LogP contribution in [-0.4, -0.2) is 28.7 Å².